The smallest absolute Gasteiger partial charge is 0.381 e. The lowest BCUT2D eigenvalue weighted by atomic mass is 9.87. The average molecular weight is 301 g/mol. The fourth-order valence-electron chi connectivity index (χ4n) is 3.34. The Kier molecular flexibility index (Phi) is 3.55. The molecule has 0 aliphatic carbocycles. The predicted molar refractivity (Wildman–Crippen MR) is 71.1 cm³/mol. The Hall–Kier alpha value is -1.37. The van der Waals surface area contributed by atoms with Crippen molar-refractivity contribution in [2.75, 3.05) is 24.7 Å². The molecule has 1 aromatic rings. The summed E-state index contributed by atoms with van der Waals surface area (Å²) in [7, 11) is 0. The van der Waals surface area contributed by atoms with Crippen LogP contribution in [0.1, 0.15) is 37.1 Å². The van der Waals surface area contributed by atoms with E-state index in [1.54, 1.807) is 6.92 Å². The van der Waals surface area contributed by atoms with E-state index in [1.165, 1.54) is 0 Å². The second kappa shape index (κ2) is 5.12. The van der Waals surface area contributed by atoms with Gasteiger partial charge in [0.25, 0.3) is 0 Å². The molecule has 0 bridgehead atoms. The summed E-state index contributed by atoms with van der Waals surface area (Å²) < 4.78 is 44.2. The van der Waals surface area contributed by atoms with E-state index in [2.05, 4.69) is 9.97 Å². The van der Waals surface area contributed by atoms with Gasteiger partial charge in [-0.25, -0.2) is 9.97 Å². The van der Waals surface area contributed by atoms with Crippen LogP contribution in [0.15, 0.2) is 6.07 Å². The molecule has 1 aromatic heterocycles. The molecule has 116 valence electrons. The van der Waals surface area contributed by atoms with Gasteiger partial charge in [0.2, 0.25) is 5.95 Å². The molecule has 2 aliphatic rings. The van der Waals surface area contributed by atoms with Gasteiger partial charge in [0.05, 0.1) is 0 Å². The second-order valence-corrected chi connectivity index (χ2v) is 5.78. The molecular formula is C14H18F3N3O. The van der Waals surface area contributed by atoms with Crippen LogP contribution in [-0.2, 0) is 10.9 Å². The fourth-order valence-corrected chi connectivity index (χ4v) is 3.34. The molecule has 0 N–H and O–H groups in total. The van der Waals surface area contributed by atoms with Crippen molar-refractivity contribution < 1.29 is 17.9 Å². The van der Waals surface area contributed by atoms with E-state index in [1.807, 2.05) is 4.90 Å². The van der Waals surface area contributed by atoms with Crippen LogP contribution in [0.25, 0.3) is 0 Å². The Morgan fingerprint density at radius 1 is 1.19 bits per heavy atom. The Bertz CT molecular complexity index is 527. The van der Waals surface area contributed by atoms with Gasteiger partial charge in [-0.1, -0.05) is 0 Å². The van der Waals surface area contributed by atoms with Gasteiger partial charge in [0.1, 0.15) is 5.69 Å². The number of aromatic nitrogens is 2. The number of ether oxygens (including phenoxy) is 1. The van der Waals surface area contributed by atoms with Crippen molar-refractivity contribution in [3.63, 3.8) is 0 Å². The molecule has 0 aromatic carbocycles. The molecule has 1 spiro atoms. The Labute approximate surface area is 121 Å². The first kappa shape index (κ1) is 14.6. The first-order valence-corrected chi connectivity index (χ1v) is 7.19. The van der Waals surface area contributed by atoms with Crippen LogP contribution in [-0.4, -0.2) is 35.3 Å². The summed E-state index contributed by atoms with van der Waals surface area (Å²) in [5.74, 6) is 0.210. The first-order valence-electron chi connectivity index (χ1n) is 7.19. The van der Waals surface area contributed by atoms with Crippen molar-refractivity contribution in [2.45, 2.75) is 44.3 Å². The number of alkyl halides is 3. The van der Waals surface area contributed by atoms with Crippen LogP contribution in [0.3, 0.4) is 0 Å². The first-order chi connectivity index (χ1) is 9.91. The van der Waals surface area contributed by atoms with E-state index >= 15 is 0 Å². The highest BCUT2D eigenvalue weighted by molar-refractivity contribution is 5.39. The lowest BCUT2D eigenvalue weighted by Crippen LogP contribution is -2.49. The largest absolute Gasteiger partial charge is 0.433 e. The molecule has 3 rings (SSSR count). The molecule has 2 saturated heterocycles. The monoisotopic (exact) mass is 301 g/mol. The van der Waals surface area contributed by atoms with Crippen molar-refractivity contribution >= 4 is 5.95 Å². The molecule has 3 heterocycles. The summed E-state index contributed by atoms with van der Waals surface area (Å²) in [5.41, 5.74) is -0.643. The van der Waals surface area contributed by atoms with Crippen molar-refractivity contribution in [3.8, 4) is 0 Å². The Balaban J connectivity index is 1.97. The summed E-state index contributed by atoms with van der Waals surface area (Å²) in [6.07, 6.45) is -0.865. The highest BCUT2D eigenvalue weighted by atomic mass is 19.4. The van der Waals surface area contributed by atoms with E-state index < -0.39 is 11.9 Å². The molecule has 21 heavy (non-hydrogen) atoms. The van der Waals surface area contributed by atoms with Gasteiger partial charge in [0, 0.05) is 31.0 Å². The van der Waals surface area contributed by atoms with Gasteiger partial charge < -0.3 is 9.64 Å². The maximum Gasteiger partial charge on any atom is 0.433 e. The van der Waals surface area contributed by atoms with Crippen molar-refractivity contribution in [1.29, 1.82) is 0 Å². The predicted octanol–water partition coefficient (Wildman–Crippen LogP) is 2.95. The maximum atomic E-state index is 12.9. The Morgan fingerprint density at radius 2 is 1.90 bits per heavy atom. The summed E-state index contributed by atoms with van der Waals surface area (Å²) in [4.78, 5) is 10.0. The van der Waals surface area contributed by atoms with Gasteiger partial charge in [-0.05, 0) is 38.7 Å². The third-order valence-electron chi connectivity index (χ3n) is 4.39. The summed E-state index contributed by atoms with van der Waals surface area (Å²) in [6.45, 7) is 3.58. The molecule has 0 saturated carbocycles. The van der Waals surface area contributed by atoms with Crippen LogP contribution >= 0.6 is 0 Å². The minimum atomic E-state index is -4.44. The minimum absolute atomic E-state index is 0.130. The van der Waals surface area contributed by atoms with E-state index in [-0.39, 0.29) is 11.5 Å². The van der Waals surface area contributed by atoms with Crippen molar-refractivity contribution in [2.24, 2.45) is 0 Å². The van der Waals surface area contributed by atoms with Crippen molar-refractivity contribution in [1.82, 2.24) is 9.97 Å². The molecule has 7 heteroatoms. The van der Waals surface area contributed by atoms with Crippen LogP contribution in [0, 0.1) is 6.92 Å². The number of aryl methyl sites for hydroxylation is 1. The molecule has 0 amide bonds. The zero-order chi connectivity index (χ0) is 15.1. The summed E-state index contributed by atoms with van der Waals surface area (Å²) >= 11 is 0. The summed E-state index contributed by atoms with van der Waals surface area (Å²) in [5, 5.41) is 0. The standard InChI is InChI=1S/C14H18F3N3O/c1-10-9-11(14(15,16)17)19-12(18-10)20-6-2-3-13(20)4-7-21-8-5-13/h9H,2-8H2,1H3. The second-order valence-electron chi connectivity index (χ2n) is 5.78. The number of hydrogen-bond donors (Lipinski definition) is 0. The van der Waals surface area contributed by atoms with Gasteiger partial charge in [-0.15, -0.1) is 0 Å². The van der Waals surface area contributed by atoms with Crippen LogP contribution in [0.5, 0.6) is 0 Å². The van der Waals surface area contributed by atoms with E-state index in [0.717, 1.165) is 31.7 Å². The fraction of sp³-hybridized carbons (Fsp3) is 0.714. The van der Waals surface area contributed by atoms with Crippen LogP contribution in [0.2, 0.25) is 0 Å². The highest BCUT2D eigenvalue weighted by Gasteiger charge is 2.44. The molecule has 2 aliphatic heterocycles. The highest BCUT2D eigenvalue weighted by Crippen LogP contribution is 2.40. The third-order valence-corrected chi connectivity index (χ3v) is 4.39. The van der Waals surface area contributed by atoms with E-state index in [0.29, 0.717) is 25.5 Å². The number of nitrogens with zero attached hydrogens (tertiary/aromatic N) is 3. The van der Waals surface area contributed by atoms with E-state index in [9.17, 15) is 13.2 Å². The zero-order valence-electron chi connectivity index (χ0n) is 11.9. The van der Waals surface area contributed by atoms with Gasteiger partial charge in [0.15, 0.2) is 0 Å². The van der Waals surface area contributed by atoms with Crippen LogP contribution in [0.4, 0.5) is 19.1 Å². The quantitative estimate of drug-likeness (QED) is 0.799. The molecule has 0 unspecified atom stereocenters. The number of rotatable bonds is 1. The molecule has 0 atom stereocenters. The summed E-state index contributed by atoms with van der Waals surface area (Å²) in [6, 6.07) is 0.996. The number of hydrogen-bond acceptors (Lipinski definition) is 4. The zero-order valence-corrected chi connectivity index (χ0v) is 11.9. The lowest BCUT2D eigenvalue weighted by molar-refractivity contribution is -0.141. The third kappa shape index (κ3) is 2.71. The van der Waals surface area contributed by atoms with Gasteiger partial charge in [-0.2, -0.15) is 13.2 Å². The molecule has 0 radical (unpaired) electrons. The Morgan fingerprint density at radius 3 is 2.57 bits per heavy atom. The molecule has 4 nitrogen and oxygen atoms in total. The average Bonchev–Trinajstić information content (AvgIpc) is 2.81. The SMILES string of the molecule is Cc1cc(C(F)(F)F)nc(N2CCCC23CCOCC3)n1. The topological polar surface area (TPSA) is 38.2 Å². The van der Waals surface area contributed by atoms with Gasteiger partial charge >= 0.3 is 6.18 Å². The normalized spacial score (nSPS) is 22.0. The van der Waals surface area contributed by atoms with E-state index in [4.69, 9.17) is 4.74 Å². The number of anilines is 1. The van der Waals surface area contributed by atoms with Gasteiger partial charge in [-0.3, -0.25) is 0 Å². The lowest BCUT2D eigenvalue weighted by Gasteiger charge is -2.41. The van der Waals surface area contributed by atoms with Crippen LogP contribution < -0.4 is 4.90 Å². The number of halogens is 3. The molecule has 2 fully saturated rings. The maximum absolute atomic E-state index is 12.9. The van der Waals surface area contributed by atoms with Crippen molar-refractivity contribution in [3.05, 3.63) is 17.5 Å². The molecular weight excluding hydrogens is 283 g/mol. The minimum Gasteiger partial charge on any atom is -0.381 e.